The molecule has 0 spiro atoms. The Morgan fingerprint density at radius 3 is 2.43 bits per heavy atom. The van der Waals surface area contributed by atoms with Crippen molar-refractivity contribution in [3.8, 4) is 0 Å². The molecule has 0 aromatic rings. The highest BCUT2D eigenvalue weighted by Crippen LogP contribution is 2.58. The molecule has 4 nitrogen and oxygen atoms in total. The molecule has 14 heavy (non-hydrogen) atoms. The maximum absolute atomic E-state index is 11.6. The molecule has 0 aliphatic heterocycles. The molecule has 1 rings (SSSR count). The molecule has 1 N–H and O–H groups in total. The van der Waals surface area contributed by atoms with E-state index in [0.717, 1.165) is 0 Å². The van der Waals surface area contributed by atoms with Crippen LogP contribution in [-0.2, 0) is 14.3 Å². The molecule has 80 valence electrons. The Hall–Kier alpha value is -1.06. The summed E-state index contributed by atoms with van der Waals surface area (Å²) in [5.41, 5.74) is -0.762. The number of esters is 1. The van der Waals surface area contributed by atoms with Gasteiger partial charge in [-0.15, -0.1) is 0 Å². The first kappa shape index (κ1) is 11.0. The minimum absolute atomic E-state index is 0.0163. The molecule has 0 heterocycles. The zero-order valence-electron chi connectivity index (χ0n) is 8.74. The van der Waals surface area contributed by atoms with Gasteiger partial charge in [0, 0.05) is 0 Å². The van der Waals surface area contributed by atoms with Crippen LogP contribution in [0.15, 0.2) is 0 Å². The lowest BCUT2D eigenvalue weighted by molar-refractivity contribution is -0.155. The smallest absolute Gasteiger partial charge is 0.313 e. The molecule has 1 aliphatic rings. The van der Waals surface area contributed by atoms with Gasteiger partial charge in [0.25, 0.3) is 0 Å². The summed E-state index contributed by atoms with van der Waals surface area (Å²) in [5, 5.41) is 8.85. The van der Waals surface area contributed by atoms with E-state index in [0.29, 0.717) is 13.0 Å². The first-order valence-corrected chi connectivity index (χ1v) is 4.86. The van der Waals surface area contributed by atoms with Crippen molar-refractivity contribution in [1.82, 2.24) is 0 Å². The van der Waals surface area contributed by atoms with Gasteiger partial charge in [0.1, 0.15) is 0 Å². The maximum atomic E-state index is 11.6. The highest BCUT2D eigenvalue weighted by atomic mass is 16.5. The molecule has 0 radical (unpaired) electrons. The molecule has 4 heteroatoms. The van der Waals surface area contributed by atoms with Crippen LogP contribution in [0.1, 0.15) is 27.2 Å². The van der Waals surface area contributed by atoms with Crippen molar-refractivity contribution in [3.63, 3.8) is 0 Å². The Morgan fingerprint density at radius 1 is 1.57 bits per heavy atom. The van der Waals surface area contributed by atoms with E-state index in [1.54, 1.807) is 6.92 Å². The fourth-order valence-electron chi connectivity index (χ4n) is 1.95. The fourth-order valence-corrected chi connectivity index (χ4v) is 1.95. The first-order valence-electron chi connectivity index (χ1n) is 4.86. The highest BCUT2D eigenvalue weighted by Gasteiger charge is 2.66. The van der Waals surface area contributed by atoms with Gasteiger partial charge in [0.15, 0.2) is 0 Å². The van der Waals surface area contributed by atoms with Gasteiger partial charge >= 0.3 is 11.9 Å². The van der Waals surface area contributed by atoms with Crippen molar-refractivity contribution in [2.24, 2.45) is 17.3 Å². The number of carboxylic acids is 1. The lowest BCUT2D eigenvalue weighted by Gasteiger charge is -2.18. The second kappa shape index (κ2) is 3.59. The number of aliphatic carboxylic acids is 1. The average molecular weight is 200 g/mol. The molecule has 1 saturated carbocycles. The molecule has 0 aromatic heterocycles. The molecule has 0 amide bonds. The van der Waals surface area contributed by atoms with Crippen molar-refractivity contribution in [2.45, 2.75) is 27.2 Å². The van der Waals surface area contributed by atoms with Crippen LogP contribution in [0.2, 0.25) is 0 Å². The summed E-state index contributed by atoms with van der Waals surface area (Å²) in [6.45, 7) is 5.75. The Kier molecular flexibility index (Phi) is 2.83. The van der Waals surface area contributed by atoms with Gasteiger partial charge in [0.2, 0.25) is 0 Å². The van der Waals surface area contributed by atoms with Crippen LogP contribution in [0.3, 0.4) is 0 Å². The van der Waals surface area contributed by atoms with Gasteiger partial charge in [-0.1, -0.05) is 13.8 Å². The Morgan fingerprint density at radius 2 is 2.14 bits per heavy atom. The number of carbonyl (C=O) groups excluding carboxylic acids is 1. The monoisotopic (exact) mass is 200 g/mol. The molecule has 1 aliphatic carbocycles. The highest BCUT2D eigenvalue weighted by molar-refractivity contribution is 5.90. The van der Waals surface area contributed by atoms with E-state index in [4.69, 9.17) is 9.84 Å². The van der Waals surface area contributed by atoms with E-state index in [2.05, 4.69) is 0 Å². The van der Waals surface area contributed by atoms with E-state index in [1.165, 1.54) is 0 Å². The third kappa shape index (κ3) is 1.49. The van der Waals surface area contributed by atoms with Crippen molar-refractivity contribution in [1.29, 1.82) is 0 Å². The van der Waals surface area contributed by atoms with Gasteiger partial charge in [-0.3, -0.25) is 9.59 Å². The van der Waals surface area contributed by atoms with Crippen LogP contribution in [0.4, 0.5) is 0 Å². The lowest BCUT2D eigenvalue weighted by atomic mass is 9.90. The normalized spacial score (nSPS) is 30.1. The summed E-state index contributed by atoms with van der Waals surface area (Å²) in [7, 11) is 0. The van der Waals surface area contributed by atoms with Crippen molar-refractivity contribution < 1.29 is 19.4 Å². The van der Waals surface area contributed by atoms with Gasteiger partial charge in [-0.05, 0) is 19.3 Å². The summed E-state index contributed by atoms with van der Waals surface area (Å²) >= 11 is 0. The Labute approximate surface area is 83.2 Å². The molecular formula is C10H16O4. The topological polar surface area (TPSA) is 63.6 Å². The van der Waals surface area contributed by atoms with Gasteiger partial charge in [-0.25, -0.2) is 0 Å². The third-order valence-corrected chi connectivity index (χ3v) is 2.99. The van der Waals surface area contributed by atoms with Crippen molar-refractivity contribution in [3.05, 3.63) is 0 Å². The Balaban J connectivity index is 2.78. The molecule has 0 saturated heterocycles. The fraction of sp³-hybridized carbons (Fsp3) is 0.800. The standard InChI is InChI=1S/C10H16O4/c1-4-14-9(13)10(6(2)3)5-7(10)8(11)12/h6-7H,4-5H2,1-3H3,(H,11,12)/t7-,10+/m1/s1. The second-order valence-electron chi connectivity index (χ2n) is 4.01. The van der Waals surface area contributed by atoms with Crippen LogP contribution in [-0.4, -0.2) is 23.7 Å². The second-order valence-corrected chi connectivity index (χ2v) is 4.01. The van der Waals surface area contributed by atoms with Gasteiger partial charge in [-0.2, -0.15) is 0 Å². The molecule has 2 atom stereocenters. The van der Waals surface area contributed by atoms with Crippen molar-refractivity contribution in [2.75, 3.05) is 6.61 Å². The number of hydrogen-bond acceptors (Lipinski definition) is 3. The van der Waals surface area contributed by atoms with Crippen LogP contribution in [0, 0.1) is 17.3 Å². The predicted octanol–water partition coefficient (Wildman–Crippen LogP) is 1.30. The van der Waals surface area contributed by atoms with E-state index >= 15 is 0 Å². The number of carboxylic acid groups (broad SMARTS) is 1. The third-order valence-electron chi connectivity index (χ3n) is 2.99. The number of rotatable bonds is 4. The SMILES string of the molecule is CCOC(=O)[C@]1(C(C)C)C[C@@H]1C(=O)O. The van der Waals surface area contributed by atoms with E-state index in [-0.39, 0.29) is 11.9 Å². The lowest BCUT2D eigenvalue weighted by Crippen LogP contribution is -2.28. The summed E-state index contributed by atoms with van der Waals surface area (Å²) < 4.78 is 4.91. The molecule has 0 unspecified atom stereocenters. The van der Waals surface area contributed by atoms with E-state index < -0.39 is 17.3 Å². The summed E-state index contributed by atoms with van der Waals surface area (Å²) in [6.07, 6.45) is 0.416. The predicted molar refractivity (Wildman–Crippen MR) is 49.6 cm³/mol. The Bertz CT molecular complexity index is 259. The largest absolute Gasteiger partial charge is 0.481 e. The quantitative estimate of drug-likeness (QED) is 0.695. The number of carbonyl (C=O) groups is 2. The maximum Gasteiger partial charge on any atom is 0.313 e. The summed E-state index contributed by atoms with van der Waals surface area (Å²) in [6, 6.07) is 0. The number of hydrogen-bond donors (Lipinski definition) is 1. The van der Waals surface area contributed by atoms with E-state index in [9.17, 15) is 9.59 Å². The van der Waals surface area contributed by atoms with Crippen LogP contribution >= 0.6 is 0 Å². The van der Waals surface area contributed by atoms with Crippen LogP contribution in [0.5, 0.6) is 0 Å². The first-order chi connectivity index (χ1) is 6.46. The molecule has 0 bridgehead atoms. The number of ether oxygens (including phenoxy) is 1. The van der Waals surface area contributed by atoms with Crippen LogP contribution < -0.4 is 0 Å². The molecule has 1 fully saturated rings. The minimum Gasteiger partial charge on any atom is -0.481 e. The summed E-state index contributed by atoms with van der Waals surface area (Å²) in [5.74, 6) is -1.79. The van der Waals surface area contributed by atoms with Gasteiger partial charge in [0.05, 0.1) is 17.9 Å². The van der Waals surface area contributed by atoms with Gasteiger partial charge < -0.3 is 9.84 Å². The van der Waals surface area contributed by atoms with Crippen LogP contribution in [0.25, 0.3) is 0 Å². The molecule has 0 aromatic carbocycles. The zero-order valence-corrected chi connectivity index (χ0v) is 8.74. The molecular weight excluding hydrogens is 184 g/mol. The average Bonchev–Trinajstić information content (AvgIpc) is 2.79. The van der Waals surface area contributed by atoms with E-state index in [1.807, 2.05) is 13.8 Å². The zero-order chi connectivity index (χ0) is 10.9. The summed E-state index contributed by atoms with van der Waals surface area (Å²) in [4.78, 5) is 22.4. The minimum atomic E-state index is -0.897. The van der Waals surface area contributed by atoms with Crippen molar-refractivity contribution >= 4 is 11.9 Å².